The van der Waals surface area contributed by atoms with Gasteiger partial charge in [0.15, 0.2) is 0 Å². The number of nitrogens with zero attached hydrogens (tertiary/aromatic N) is 2. The number of ether oxygens (including phenoxy) is 1. The van der Waals surface area contributed by atoms with Gasteiger partial charge < -0.3 is 9.15 Å². The highest BCUT2D eigenvalue weighted by Crippen LogP contribution is 2.32. The Balaban J connectivity index is 1.08. The van der Waals surface area contributed by atoms with Crippen LogP contribution >= 0.6 is 11.9 Å². The smallest absolute Gasteiger partial charge is 0.227 e. The number of hydrogen-bond donors (Lipinski definition) is 0. The van der Waals surface area contributed by atoms with E-state index in [-0.39, 0.29) is 5.43 Å². The summed E-state index contributed by atoms with van der Waals surface area (Å²) >= 11 is 2.01. The van der Waals surface area contributed by atoms with Gasteiger partial charge in [-0.1, -0.05) is 36.2 Å². The maximum Gasteiger partial charge on any atom is 0.227 e. The summed E-state index contributed by atoms with van der Waals surface area (Å²) in [5.41, 5.74) is 2.65. The molecule has 0 unspecified atom stereocenters. The summed E-state index contributed by atoms with van der Waals surface area (Å²) in [6.45, 7) is 5.56. The van der Waals surface area contributed by atoms with Crippen LogP contribution in [0, 0.1) is 11.8 Å². The Hall–Kier alpha value is -1.76. The van der Waals surface area contributed by atoms with Crippen LogP contribution in [0.25, 0.3) is 0 Å². The molecule has 3 aliphatic rings. The molecular weight excluding hydrogens is 408 g/mol. The molecule has 1 aromatic heterocycles. The highest BCUT2D eigenvalue weighted by atomic mass is 32.2. The molecule has 5 nitrogen and oxygen atoms in total. The van der Waals surface area contributed by atoms with Gasteiger partial charge in [-0.3, -0.25) is 14.0 Å². The number of hydrogen-bond acceptors (Lipinski definition) is 6. The van der Waals surface area contributed by atoms with Crippen LogP contribution in [-0.4, -0.2) is 34.7 Å². The molecule has 0 atom stereocenters. The maximum absolute atomic E-state index is 12.5. The fourth-order valence-electron chi connectivity index (χ4n) is 5.08. The third-order valence-corrected chi connectivity index (χ3v) is 8.03. The van der Waals surface area contributed by atoms with E-state index in [1.165, 1.54) is 68.3 Å². The van der Waals surface area contributed by atoms with Gasteiger partial charge in [0, 0.05) is 38.0 Å². The Bertz CT molecular complexity index is 907. The molecular formula is C25H32N2O3S. The molecule has 166 valence electrons. The first-order valence-electron chi connectivity index (χ1n) is 11.6. The lowest BCUT2D eigenvalue weighted by Gasteiger charge is -2.30. The minimum absolute atomic E-state index is 0.0716. The zero-order valence-corrected chi connectivity index (χ0v) is 18.9. The van der Waals surface area contributed by atoms with E-state index in [1.54, 1.807) is 6.07 Å². The predicted octanol–water partition coefficient (Wildman–Crippen LogP) is 4.69. The molecule has 6 heteroatoms. The van der Waals surface area contributed by atoms with Crippen molar-refractivity contribution in [2.45, 2.75) is 51.7 Å². The van der Waals surface area contributed by atoms with E-state index in [2.05, 4.69) is 33.5 Å². The van der Waals surface area contributed by atoms with Crippen LogP contribution in [-0.2, 0) is 19.6 Å². The topological polar surface area (TPSA) is 45.9 Å². The molecule has 0 bridgehead atoms. The summed E-state index contributed by atoms with van der Waals surface area (Å²) in [4.78, 5) is 14.8. The Labute approximate surface area is 188 Å². The van der Waals surface area contributed by atoms with Crippen molar-refractivity contribution in [3.8, 4) is 5.75 Å². The van der Waals surface area contributed by atoms with Crippen molar-refractivity contribution >= 4 is 11.9 Å². The molecule has 5 rings (SSSR count). The van der Waals surface area contributed by atoms with E-state index in [0.717, 1.165) is 19.0 Å². The fraction of sp³-hybridized carbons (Fsp3) is 0.560. The third-order valence-electron chi connectivity index (χ3n) is 6.87. The van der Waals surface area contributed by atoms with Crippen LogP contribution in [0.1, 0.15) is 49.0 Å². The number of rotatable bonds is 7. The standard InChI is InChI=1S/C25H32N2O3S/c28-24-12-23(16-26-14-21-4-1-2-5-22(21)15-26)29-18-25(24)30-17-20-8-6-19(7-9-20)13-27-10-3-11-31-27/h1-2,4-5,12,18-20H,3,6-11,13-17H2. The van der Waals surface area contributed by atoms with E-state index >= 15 is 0 Å². The molecule has 0 amide bonds. The lowest BCUT2D eigenvalue weighted by Crippen LogP contribution is -2.27. The van der Waals surface area contributed by atoms with Crippen LogP contribution < -0.4 is 10.2 Å². The Morgan fingerprint density at radius 2 is 1.81 bits per heavy atom. The lowest BCUT2D eigenvalue weighted by atomic mass is 9.82. The SMILES string of the molecule is O=c1cc(CN2Cc3ccccc3C2)occ1OCC1CCC(CN2CCCS2)CC1. The molecule has 0 spiro atoms. The van der Waals surface area contributed by atoms with Crippen molar-refractivity contribution in [3.05, 3.63) is 63.7 Å². The average molecular weight is 441 g/mol. The molecule has 3 heterocycles. The van der Waals surface area contributed by atoms with Gasteiger partial charge in [0.2, 0.25) is 11.2 Å². The zero-order valence-electron chi connectivity index (χ0n) is 18.1. The predicted molar refractivity (Wildman–Crippen MR) is 124 cm³/mol. The second-order valence-electron chi connectivity index (χ2n) is 9.26. The largest absolute Gasteiger partial charge is 0.486 e. The zero-order chi connectivity index (χ0) is 21.0. The fourth-order valence-corrected chi connectivity index (χ4v) is 6.17. The van der Waals surface area contributed by atoms with E-state index in [1.807, 2.05) is 11.9 Å². The Morgan fingerprint density at radius 3 is 2.48 bits per heavy atom. The van der Waals surface area contributed by atoms with Gasteiger partial charge in [0.05, 0.1) is 13.2 Å². The summed E-state index contributed by atoms with van der Waals surface area (Å²) in [7, 11) is 0. The molecule has 1 aliphatic carbocycles. The molecule has 1 saturated heterocycles. The van der Waals surface area contributed by atoms with Crippen molar-refractivity contribution in [1.82, 2.24) is 9.21 Å². The van der Waals surface area contributed by atoms with Crippen molar-refractivity contribution in [2.75, 3.05) is 25.4 Å². The Kier molecular flexibility index (Phi) is 6.67. The van der Waals surface area contributed by atoms with Gasteiger partial charge in [-0.15, -0.1) is 0 Å². The Morgan fingerprint density at radius 1 is 1.06 bits per heavy atom. The van der Waals surface area contributed by atoms with Crippen LogP contribution in [0.15, 0.2) is 45.8 Å². The van der Waals surface area contributed by atoms with E-state index in [9.17, 15) is 4.79 Å². The third kappa shape index (κ3) is 5.36. The van der Waals surface area contributed by atoms with E-state index in [4.69, 9.17) is 9.15 Å². The highest BCUT2D eigenvalue weighted by Gasteiger charge is 2.25. The average Bonchev–Trinajstić information content (AvgIpc) is 3.43. The van der Waals surface area contributed by atoms with Gasteiger partial charge in [0.25, 0.3) is 0 Å². The number of fused-ring (bicyclic) bond motifs is 1. The molecule has 2 fully saturated rings. The molecule has 2 aliphatic heterocycles. The summed E-state index contributed by atoms with van der Waals surface area (Å²) in [6.07, 6.45) is 7.79. The van der Waals surface area contributed by atoms with E-state index < -0.39 is 0 Å². The first kappa shape index (κ1) is 21.1. The quantitative estimate of drug-likeness (QED) is 0.582. The first-order chi connectivity index (χ1) is 15.2. The molecule has 0 N–H and O–H groups in total. The maximum atomic E-state index is 12.5. The van der Waals surface area contributed by atoms with Crippen LogP contribution in [0.5, 0.6) is 5.75 Å². The second kappa shape index (κ2) is 9.80. The number of benzene rings is 1. The van der Waals surface area contributed by atoms with Gasteiger partial charge in [-0.2, -0.15) is 0 Å². The summed E-state index contributed by atoms with van der Waals surface area (Å²) in [5, 5.41) is 0. The first-order valence-corrected chi connectivity index (χ1v) is 12.6. The van der Waals surface area contributed by atoms with Gasteiger partial charge in [0.1, 0.15) is 12.0 Å². The van der Waals surface area contributed by atoms with Gasteiger partial charge >= 0.3 is 0 Å². The molecule has 31 heavy (non-hydrogen) atoms. The van der Waals surface area contributed by atoms with Crippen molar-refractivity contribution in [2.24, 2.45) is 11.8 Å². The second-order valence-corrected chi connectivity index (χ2v) is 10.4. The normalized spacial score (nSPS) is 24.4. The highest BCUT2D eigenvalue weighted by molar-refractivity contribution is 7.97. The van der Waals surface area contributed by atoms with Crippen LogP contribution in [0.2, 0.25) is 0 Å². The summed E-state index contributed by atoms with van der Waals surface area (Å²) in [6, 6.07) is 10.1. The summed E-state index contributed by atoms with van der Waals surface area (Å²) < 4.78 is 14.2. The minimum atomic E-state index is -0.0716. The van der Waals surface area contributed by atoms with Crippen LogP contribution in [0.3, 0.4) is 0 Å². The molecule has 0 radical (unpaired) electrons. The minimum Gasteiger partial charge on any atom is -0.486 e. The monoisotopic (exact) mass is 440 g/mol. The molecule has 1 aromatic carbocycles. The van der Waals surface area contributed by atoms with Gasteiger partial charge in [-0.25, -0.2) is 0 Å². The van der Waals surface area contributed by atoms with Crippen molar-refractivity contribution < 1.29 is 9.15 Å². The van der Waals surface area contributed by atoms with Crippen molar-refractivity contribution in [3.63, 3.8) is 0 Å². The summed E-state index contributed by atoms with van der Waals surface area (Å²) in [5.74, 6) is 3.71. The molecule has 2 aromatic rings. The van der Waals surface area contributed by atoms with E-state index in [0.29, 0.717) is 30.6 Å². The van der Waals surface area contributed by atoms with Gasteiger partial charge in [-0.05, 0) is 55.1 Å². The van der Waals surface area contributed by atoms with Crippen LogP contribution in [0.4, 0.5) is 0 Å². The molecule has 1 saturated carbocycles. The van der Waals surface area contributed by atoms with Crippen molar-refractivity contribution in [1.29, 1.82) is 0 Å². The lowest BCUT2D eigenvalue weighted by molar-refractivity contribution is 0.169.